The number of rotatable bonds is 6. The maximum Gasteiger partial charge on any atom is 0.254 e. The predicted molar refractivity (Wildman–Crippen MR) is 115 cm³/mol. The maximum atomic E-state index is 13.2. The largest absolute Gasteiger partial charge is 0.497 e. The van der Waals surface area contributed by atoms with Crippen LogP contribution < -0.4 is 9.47 Å². The third-order valence-corrected chi connectivity index (χ3v) is 5.57. The van der Waals surface area contributed by atoms with Gasteiger partial charge >= 0.3 is 0 Å². The van der Waals surface area contributed by atoms with Gasteiger partial charge in [-0.15, -0.1) is 0 Å². The summed E-state index contributed by atoms with van der Waals surface area (Å²) in [4.78, 5) is 24.3. The molecule has 7 nitrogen and oxygen atoms in total. The highest BCUT2D eigenvalue weighted by atomic mass is 16.5. The van der Waals surface area contributed by atoms with Gasteiger partial charge in [-0.1, -0.05) is 13.8 Å². The fourth-order valence-corrected chi connectivity index (χ4v) is 4.13. The minimum atomic E-state index is -0.0112. The van der Waals surface area contributed by atoms with Gasteiger partial charge in [-0.25, -0.2) is 4.98 Å². The zero-order chi connectivity index (χ0) is 21.3. The Hall–Kier alpha value is -3.09. The first kappa shape index (κ1) is 20.2. The van der Waals surface area contributed by atoms with Crippen LogP contribution in [0.5, 0.6) is 11.5 Å². The maximum absolute atomic E-state index is 13.2. The molecule has 2 aromatic heterocycles. The third-order valence-electron chi connectivity index (χ3n) is 5.57. The van der Waals surface area contributed by atoms with Crippen LogP contribution in [-0.2, 0) is 6.54 Å². The van der Waals surface area contributed by atoms with Gasteiger partial charge in [0.1, 0.15) is 17.3 Å². The van der Waals surface area contributed by atoms with E-state index in [0.29, 0.717) is 36.1 Å². The molecule has 0 bridgehead atoms. The molecule has 3 aromatic rings. The molecule has 1 fully saturated rings. The Bertz CT molecular complexity index is 1040. The molecule has 0 saturated carbocycles. The minimum Gasteiger partial charge on any atom is -0.497 e. The van der Waals surface area contributed by atoms with Crippen LogP contribution in [-0.4, -0.2) is 52.7 Å². The molecule has 0 N–H and O–H groups in total. The Kier molecular flexibility index (Phi) is 5.61. The van der Waals surface area contributed by atoms with Crippen LogP contribution in [0, 0.1) is 5.92 Å². The van der Waals surface area contributed by atoms with Crippen LogP contribution in [0.25, 0.3) is 11.0 Å². The van der Waals surface area contributed by atoms with E-state index in [2.05, 4.69) is 23.4 Å². The van der Waals surface area contributed by atoms with E-state index in [0.717, 1.165) is 29.8 Å². The average molecular weight is 409 g/mol. The first-order chi connectivity index (χ1) is 14.5. The third kappa shape index (κ3) is 3.84. The van der Waals surface area contributed by atoms with E-state index < -0.39 is 0 Å². The smallest absolute Gasteiger partial charge is 0.254 e. The van der Waals surface area contributed by atoms with Crippen molar-refractivity contribution in [2.75, 3.05) is 27.3 Å². The number of imidazole rings is 1. The molecule has 0 unspecified atom stereocenters. The molecule has 1 saturated heterocycles. The quantitative estimate of drug-likeness (QED) is 0.622. The zero-order valence-electron chi connectivity index (χ0n) is 18.0. The summed E-state index contributed by atoms with van der Waals surface area (Å²) in [5.74, 6) is 2.95. The number of carbonyl (C=O) groups excluding carboxylic acids is 1. The van der Waals surface area contributed by atoms with Crippen molar-refractivity contribution in [1.29, 1.82) is 0 Å². The lowest BCUT2D eigenvalue weighted by molar-refractivity contribution is 0.0789. The van der Waals surface area contributed by atoms with Gasteiger partial charge in [0, 0.05) is 43.4 Å². The Morgan fingerprint density at radius 2 is 1.93 bits per heavy atom. The molecule has 0 spiro atoms. The predicted octanol–water partition coefficient (Wildman–Crippen LogP) is 3.73. The molecule has 1 aromatic carbocycles. The lowest BCUT2D eigenvalue weighted by atomic mass is 10.1. The molecule has 1 aliphatic heterocycles. The number of methoxy groups -OCH3 is 2. The highest BCUT2D eigenvalue weighted by Gasteiger charge is 2.32. The molecule has 4 rings (SSSR count). The number of aromatic nitrogens is 3. The average Bonchev–Trinajstić information content (AvgIpc) is 3.38. The lowest BCUT2D eigenvalue weighted by Crippen LogP contribution is -2.28. The second kappa shape index (κ2) is 8.34. The molecule has 0 radical (unpaired) electrons. The fourth-order valence-electron chi connectivity index (χ4n) is 4.13. The fraction of sp³-hybridized carbons (Fsp3) is 0.435. The number of fused-ring (bicyclic) bond motifs is 1. The summed E-state index contributed by atoms with van der Waals surface area (Å²) in [7, 11) is 3.17. The number of amides is 1. The van der Waals surface area contributed by atoms with Crippen molar-refractivity contribution in [3.05, 3.63) is 48.0 Å². The van der Waals surface area contributed by atoms with Crippen LogP contribution in [0.3, 0.4) is 0 Å². The van der Waals surface area contributed by atoms with Crippen molar-refractivity contribution >= 4 is 16.9 Å². The lowest BCUT2D eigenvalue weighted by Gasteiger charge is -2.19. The van der Waals surface area contributed by atoms with Crippen molar-refractivity contribution in [3.8, 4) is 11.5 Å². The van der Waals surface area contributed by atoms with Crippen LogP contribution in [0.1, 0.15) is 42.4 Å². The molecule has 1 aliphatic rings. The highest BCUT2D eigenvalue weighted by molar-refractivity contribution is 5.95. The van der Waals surface area contributed by atoms with Crippen molar-refractivity contribution in [2.45, 2.75) is 32.7 Å². The summed E-state index contributed by atoms with van der Waals surface area (Å²) in [6.07, 6.45) is 4.55. The molecular formula is C23H28N4O3. The first-order valence-electron chi connectivity index (χ1n) is 10.3. The normalized spacial score (nSPS) is 16.4. The summed E-state index contributed by atoms with van der Waals surface area (Å²) in [5.41, 5.74) is 2.60. The van der Waals surface area contributed by atoms with E-state index in [1.807, 2.05) is 17.2 Å². The van der Waals surface area contributed by atoms with Gasteiger partial charge in [0.05, 0.1) is 31.4 Å². The van der Waals surface area contributed by atoms with Gasteiger partial charge in [0.2, 0.25) is 0 Å². The van der Waals surface area contributed by atoms with E-state index in [9.17, 15) is 4.79 Å². The van der Waals surface area contributed by atoms with E-state index in [4.69, 9.17) is 14.5 Å². The summed E-state index contributed by atoms with van der Waals surface area (Å²) < 4.78 is 12.9. The number of nitrogens with zero attached hydrogens (tertiary/aromatic N) is 4. The molecular weight excluding hydrogens is 380 g/mol. The Morgan fingerprint density at radius 1 is 1.20 bits per heavy atom. The zero-order valence-corrected chi connectivity index (χ0v) is 18.0. The van der Waals surface area contributed by atoms with Gasteiger partial charge in [-0.3, -0.25) is 9.78 Å². The summed E-state index contributed by atoms with van der Waals surface area (Å²) in [5, 5.41) is 0. The van der Waals surface area contributed by atoms with Crippen molar-refractivity contribution in [2.24, 2.45) is 5.92 Å². The van der Waals surface area contributed by atoms with Gasteiger partial charge in [0.15, 0.2) is 0 Å². The number of benzene rings is 1. The summed E-state index contributed by atoms with van der Waals surface area (Å²) >= 11 is 0. The van der Waals surface area contributed by atoms with E-state index in [1.165, 1.54) is 0 Å². The van der Waals surface area contributed by atoms with Gasteiger partial charge in [0.25, 0.3) is 5.91 Å². The van der Waals surface area contributed by atoms with E-state index in [1.54, 1.807) is 38.6 Å². The van der Waals surface area contributed by atoms with Crippen molar-refractivity contribution < 1.29 is 14.3 Å². The van der Waals surface area contributed by atoms with Gasteiger partial charge < -0.3 is 18.9 Å². The molecule has 0 aliphatic carbocycles. The summed E-state index contributed by atoms with van der Waals surface area (Å²) in [6.45, 7) is 6.63. The standard InChI is InChI=1S/C23H28N4O3/c1-15(2)13-27-21-12-24-7-5-20(21)25-22(27)16-6-8-26(14-16)23(28)17-9-18(29-3)11-19(10-17)30-4/h5,7,9-12,15-16H,6,8,13-14H2,1-4H3/t16-/m0/s1. The highest BCUT2D eigenvalue weighted by Crippen LogP contribution is 2.32. The van der Waals surface area contributed by atoms with Gasteiger partial charge in [-0.2, -0.15) is 0 Å². The monoisotopic (exact) mass is 408 g/mol. The molecule has 7 heteroatoms. The summed E-state index contributed by atoms with van der Waals surface area (Å²) in [6, 6.07) is 7.25. The van der Waals surface area contributed by atoms with Crippen LogP contribution in [0.15, 0.2) is 36.7 Å². The number of hydrogen-bond acceptors (Lipinski definition) is 5. The first-order valence-corrected chi connectivity index (χ1v) is 10.3. The number of carbonyl (C=O) groups is 1. The van der Waals surface area contributed by atoms with Crippen molar-refractivity contribution in [1.82, 2.24) is 19.4 Å². The Morgan fingerprint density at radius 3 is 2.60 bits per heavy atom. The molecule has 30 heavy (non-hydrogen) atoms. The number of ether oxygens (including phenoxy) is 2. The van der Waals surface area contributed by atoms with Crippen molar-refractivity contribution in [3.63, 3.8) is 0 Å². The topological polar surface area (TPSA) is 69.5 Å². The van der Waals surface area contributed by atoms with Crippen LogP contribution in [0.2, 0.25) is 0 Å². The van der Waals surface area contributed by atoms with Gasteiger partial charge in [-0.05, 0) is 30.5 Å². The molecule has 1 amide bonds. The van der Waals surface area contributed by atoms with E-state index >= 15 is 0 Å². The second-order valence-electron chi connectivity index (χ2n) is 8.18. The Balaban J connectivity index is 1.60. The van der Waals surface area contributed by atoms with Crippen LogP contribution in [0.4, 0.5) is 0 Å². The van der Waals surface area contributed by atoms with Crippen LogP contribution >= 0.6 is 0 Å². The second-order valence-corrected chi connectivity index (χ2v) is 8.18. The molecule has 3 heterocycles. The number of hydrogen-bond donors (Lipinski definition) is 0. The number of pyridine rings is 1. The minimum absolute atomic E-state index is 0.0112. The molecule has 158 valence electrons. The SMILES string of the molecule is COc1cc(OC)cc(C(=O)N2CC[C@H](c3nc4ccncc4n3CC(C)C)C2)c1. The molecule has 1 atom stereocenters. The van der Waals surface area contributed by atoms with E-state index in [-0.39, 0.29) is 11.8 Å². The Labute approximate surface area is 176 Å². The number of likely N-dealkylation sites (tertiary alicyclic amines) is 1.